The lowest BCUT2D eigenvalue weighted by atomic mass is 10.2. The van der Waals surface area contributed by atoms with Gasteiger partial charge in [-0.25, -0.2) is 9.07 Å². The number of nitrogen functional groups attached to an aromatic ring is 1. The quantitative estimate of drug-likeness (QED) is 0.842. The molecule has 0 unspecified atom stereocenters. The molecule has 0 aliphatic rings. The third kappa shape index (κ3) is 3.96. The number of aromatic nitrogens is 2. The summed E-state index contributed by atoms with van der Waals surface area (Å²) in [5, 5.41) is 12.6. The molecule has 98 valence electrons. The van der Waals surface area contributed by atoms with Crippen molar-refractivity contribution in [2.24, 2.45) is 0 Å². The predicted octanol–water partition coefficient (Wildman–Crippen LogP) is 2.72. The van der Waals surface area contributed by atoms with E-state index in [1.54, 1.807) is 24.3 Å². The molecule has 0 aliphatic carbocycles. The third-order valence-electron chi connectivity index (χ3n) is 2.20. The molecule has 4 nitrogen and oxygen atoms in total. The second-order valence-electron chi connectivity index (χ2n) is 3.72. The Kier molecular flexibility index (Phi) is 5.30. The Morgan fingerprint density at radius 1 is 1.53 bits per heavy atom. The fourth-order valence-corrected chi connectivity index (χ4v) is 1.40. The van der Waals surface area contributed by atoms with Gasteiger partial charge in [0.1, 0.15) is 17.7 Å². The lowest BCUT2D eigenvalue weighted by Crippen LogP contribution is -2.07. The van der Waals surface area contributed by atoms with Crippen molar-refractivity contribution < 1.29 is 4.39 Å². The van der Waals surface area contributed by atoms with Crippen LogP contribution in [0.4, 0.5) is 10.2 Å². The van der Waals surface area contributed by atoms with E-state index in [1.165, 1.54) is 16.8 Å². The lowest BCUT2D eigenvalue weighted by molar-refractivity contribution is 0.587. The molecule has 5 heteroatoms. The Morgan fingerprint density at radius 2 is 2.16 bits per heavy atom. The van der Waals surface area contributed by atoms with E-state index < -0.39 is 0 Å². The number of halogens is 1. The highest BCUT2D eigenvalue weighted by Gasteiger charge is 2.07. The van der Waals surface area contributed by atoms with Gasteiger partial charge in [0.2, 0.25) is 0 Å². The summed E-state index contributed by atoms with van der Waals surface area (Å²) in [5.41, 5.74) is 6.36. The molecule has 19 heavy (non-hydrogen) atoms. The molecular weight excluding hydrogens is 243 g/mol. The van der Waals surface area contributed by atoms with Gasteiger partial charge in [-0.2, -0.15) is 10.4 Å². The van der Waals surface area contributed by atoms with Gasteiger partial charge >= 0.3 is 0 Å². The molecule has 1 aromatic carbocycles. The second-order valence-corrected chi connectivity index (χ2v) is 3.72. The van der Waals surface area contributed by atoms with Gasteiger partial charge in [-0.15, -0.1) is 6.58 Å². The van der Waals surface area contributed by atoms with Crippen LogP contribution in [0.1, 0.15) is 18.2 Å². The highest BCUT2D eigenvalue weighted by molar-refractivity contribution is 5.37. The first-order valence-corrected chi connectivity index (χ1v) is 5.66. The Balaban J connectivity index is 0.000000550. The molecule has 0 saturated carbocycles. The van der Waals surface area contributed by atoms with Crippen LogP contribution in [0.25, 0.3) is 0 Å². The van der Waals surface area contributed by atoms with E-state index in [0.29, 0.717) is 11.4 Å². The van der Waals surface area contributed by atoms with Crippen molar-refractivity contribution in [3.8, 4) is 6.07 Å². The van der Waals surface area contributed by atoms with E-state index >= 15 is 0 Å². The number of anilines is 1. The number of allylic oxidation sites excluding steroid dienone is 1. The molecule has 0 bridgehead atoms. The van der Waals surface area contributed by atoms with Crippen LogP contribution in [0.15, 0.2) is 43.0 Å². The topological polar surface area (TPSA) is 67.6 Å². The van der Waals surface area contributed by atoms with Gasteiger partial charge in [0, 0.05) is 11.6 Å². The molecule has 1 aromatic heterocycles. The zero-order valence-electron chi connectivity index (χ0n) is 10.7. The number of hydrogen-bond acceptors (Lipinski definition) is 3. The summed E-state index contributed by atoms with van der Waals surface area (Å²) in [5.74, 6) is 0.0377. The van der Waals surface area contributed by atoms with Gasteiger partial charge in [-0.05, 0) is 13.0 Å². The van der Waals surface area contributed by atoms with Gasteiger partial charge < -0.3 is 5.73 Å². The van der Waals surface area contributed by atoms with Gasteiger partial charge in [0.25, 0.3) is 0 Å². The summed E-state index contributed by atoms with van der Waals surface area (Å²) in [4.78, 5) is 0. The molecule has 1 heterocycles. The van der Waals surface area contributed by atoms with Crippen LogP contribution >= 0.6 is 0 Å². The maximum absolute atomic E-state index is 13.3. The summed E-state index contributed by atoms with van der Waals surface area (Å²) in [6.07, 6.45) is 1.75. The number of nitrogens with zero attached hydrogens (tertiary/aromatic N) is 3. The number of nitriles is 1. The maximum Gasteiger partial charge on any atom is 0.164 e. The van der Waals surface area contributed by atoms with Gasteiger partial charge in [0.15, 0.2) is 5.69 Å². The maximum atomic E-state index is 13.3. The van der Waals surface area contributed by atoms with Crippen molar-refractivity contribution in [3.05, 3.63) is 60.1 Å². The zero-order valence-corrected chi connectivity index (χ0v) is 10.7. The van der Waals surface area contributed by atoms with Crippen LogP contribution in [0.5, 0.6) is 0 Å². The molecule has 0 saturated heterocycles. The lowest BCUT2D eigenvalue weighted by Gasteiger charge is -2.04. The van der Waals surface area contributed by atoms with E-state index in [9.17, 15) is 4.39 Å². The summed E-state index contributed by atoms with van der Waals surface area (Å²) in [7, 11) is 0. The molecule has 0 atom stereocenters. The van der Waals surface area contributed by atoms with Gasteiger partial charge in [0.05, 0.1) is 6.54 Å². The largest absolute Gasteiger partial charge is 0.384 e. The average molecular weight is 258 g/mol. The standard InChI is InChI=1S/C11H9FN4.C3H6/c12-10-4-2-1-3-8(10)7-16-11(14)5-9(6-13)15-16;1-3-2/h1-5H,7,14H2;3H,1H2,2H3. The van der Waals surface area contributed by atoms with E-state index in [0.717, 1.165) is 0 Å². The highest BCUT2D eigenvalue weighted by atomic mass is 19.1. The minimum Gasteiger partial charge on any atom is -0.384 e. The number of rotatable bonds is 2. The van der Waals surface area contributed by atoms with Crippen molar-refractivity contribution in [1.29, 1.82) is 5.26 Å². The van der Waals surface area contributed by atoms with Crippen LogP contribution in [-0.2, 0) is 6.54 Å². The molecule has 0 radical (unpaired) electrons. The van der Waals surface area contributed by atoms with Crippen LogP contribution in [-0.4, -0.2) is 9.78 Å². The summed E-state index contributed by atoms with van der Waals surface area (Å²) in [6, 6.07) is 9.73. The first-order chi connectivity index (χ1) is 9.12. The molecular formula is C14H15FN4. The van der Waals surface area contributed by atoms with Crippen molar-refractivity contribution in [2.45, 2.75) is 13.5 Å². The average Bonchev–Trinajstić information content (AvgIpc) is 2.74. The Morgan fingerprint density at radius 3 is 2.68 bits per heavy atom. The minimum absolute atomic E-state index is 0.222. The van der Waals surface area contributed by atoms with Crippen LogP contribution in [0.3, 0.4) is 0 Å². The molecule has 0 amide bonds. The van der Waals surface area contributed by atoms with E-state index in [4.69, 9.17) is 11.0 Å². The fraction of sp³-hybridized carbons (Fsp3) is 0.143. The van der Waals surface area contributed by atoms with Crippen molar-refractivity contribution in [3.63, 3.8) is 0 Å². The van der Waals surface area contributed by atoms with Gasteiger partial charge in [-0.3, -0.25) is 0 Å². The SMILES string of the molecule is C=CC.N#Cc1cc(N)n(Cc2ccccc2F)n1. The van der Waals surface area contributed by atoms with E-state index in [1.807, 2.05) is 13.0 Å². The molecule has 2 aromatic rings. The van der Waals surface area contributed by atoms with Gasteiger partial charge in [-0.1, -0.05) is 24.3 Å². The number of hydrogen-bond donors (Lipinski definition) is 1. The first-order valence-electron chi connectivity index (χ1n) is 5.66. The van der Waals surface area contributed by atoms with E-state index in [-0.39, 0.29) is 18.1 Å². The molecule has 2 N–H and O–H groups in total. The summed E-state index contributed by atoms with van der Waals surface area (Å²) >= 11 is 0. The van der Waals surface area contributed by atoms with Crippen LogP contribution < -0.4 is 5.73 Å². The minimum atomic E-state index is -0.309. The first kappa shape index (κ1) is 14.5. The van der Waals surface area contributed by atoms with E-state index in [2.05, 4.69) is 11.7 Å². The number of benzene rings is 1. The molecule has 0 aliphatic heterocycles. The molecule has 0 fully saturated rings. The fourth-order valence-electron chi connectivity index (χ4n) is 1.40. The summed E-state index contributed by atoms with van der Waals surface area (Å²) in [6.45, 7) is 5.47. The second kappa shape index (κ2) is 6.97. The zero-order chi connectivity index (χ0) is 14.3. The molecule has 0 spiro atoms. The molecule has 2 rings (SSSR count). The monoisotopic (exact) mass is 258 g/mol. The van der Waals surface area contributed by atoms with Crippen LogP contribution in [0.2, 0.25) is 0 Å². The number of nitrogens with two attached hydrogens (primary N) is 1. The van der Waals surface area contributed by atoms with Crippen molar-refractivity contribution in [2.75, 3.05) is 5.73 Å². The Labute approximate surface area is 111 Å². The highest BCUT2D eigenvalue weighted by Crippen LogP contribution is 2.12. The smallest absolute Gasteiger partial charge is 0.164 e. The predicted molar refractivity (Wildman–Crippen MR) is 72.7 cm³/mol. The normalized spacial score (nSPS) is 9.11. The van der Waals surface area contributed by atoms with Crippen molar-refractivity contribution >= 4 is 5.82 Å². The Bertz CT molecular complexity index is 596. The third-order valence-corrected chi connectivity index (χ3v) is 2.20. The van der Waals surface area contributed by atoms with Crippen LogP contribution in [0, 0.1) is 17.1 Å². The summed E-state index contributed by atoms with van der Waals surface area (Å²) < 4.78 is 14.7. The Hall–Kier alpha value is -2.61. The van der Waals surface area contributed by atoms with Crippen molar-refractivity contribution in [1.82, 2.24) is 9.78 Å².